The van der Waals surface area contributed by atoms with Crippen LogP contribution < -0.4 is 16.0 Å². The van der Waals surface area contributed by atoms with Crippen LogP contribution in [-0.2, 0) is 6.54 Å². The second-order valence-corrected chi connectivity index (χ2v) is 8.40. The van der Waals surface area contributed by atoms with Crippen LogP contribution >= 0.6 is 0 Å². The maximum absolute atomic E-state index is 4.69. The van der Waals surface area contributed by atoms with Crippen LogP contribution in [0.3, 0.4) is 0 Å². The van der Waals surface area contributed by atoms with Gasteiger partial charge in [0, 0.05) is 43.3 Å². The normalized spacial score (nSPS) is 21.5. The first kappa shape index (κ1) is 19.9. The van der Waals surface area contributed by atoms with Crippen molar-refractivity contribution in [3.05, 3.63) is 60.4 Å². The van der Waals surface area contributed by atoms with E-state index >= 15 is 0 Å². The van der Waals surface area contributed by atoms with Crippen molar-refractivity contribution in [3.63, 3.8) is 0 Å². The van der Waals surface area contributed by atoms with Crippen molar-refractivity contribution < 1.29 is 0 Å². The van der Waals surface area contributed by atoms with Crippen LogP contribution in [0.2, 0.25) is 0 Å². The van der Waals surface area contributed by atoms with Crippen LogP contribution in [-0.4, -0.2) is 52.6 Å². The van der Waals surface area contributed by atoms with Crippen molar-refractivity contribution in [1.82, 2.24) is 25.2 Å². The Morgan fingerprint density at radius 2 is 2.03 bits per heavy atom. The van der Waals surface area contributed by atoms with Gasteiger partial charge in [0.15, 0.2) is 0 Å². The zero-order valence-electron chi connectivity index (χ0n) is 17.7. The Balaban J connectivity index is 1.39. The summed E-state index contributed by atoms with van der Waals surface area (Å²) in [7, 11) is 0. The highest BCUT2D eigenvalue weighted by Crippen LogP contribution is 2.22. The van der Waals surface area contributed by atoms with Crippen molar-refractivity contribution in [2.75, 3.05) is 43.4 Å². The van der Waals surface area contributed by atoms with E-state index in [1.54, 1.807) is 6.20 Å². The summed E-state index contributed by atoms with van der Waals surface area (Å²) in [4.78, 5) is 16.2. The van der Waals surface area contributed by atoms with Gasteiger partial charge in [-0.3, -0.25) is 4.90 Å². The zero-order valence-corrected chi connectivity index (χ0v) is 17.7. The van der Waals surface area contributed by atoms with Gasteiger partial charge < -0.3 is 16.0 Å². The molecule has 0 amide bonds. The minimum absolute atomic E-state index is 0.593. The molecule has 0 aliphatic carbocycles. The van der Waals surface area contributed by atoms with Gasteiger partial charge in [0.1, 0.15) is 5.82 Å². The second-order valence-electron chi connectivity index (χ2n) is 8.40. The zero-order chi connectivity index (χ0) is 20.9. The lowest BCUT2D eigenvalue weighted by Gasteiger charge is -2.17. The number of nitrogens with zero attached hydrogens (tertiary/aromatic N) is 4. The third-order valence-electron chi connectivity index (χ3n) is 5.94. The molecular weight excluding hydrogens is 386 g/mol. The van der Waals surface area contributed by atoms with Crippen LogP contribution in [0.4, 0.5) is 17.5 Å². The Morgan fingerprint density at radius 1 is 1.03 bits per heavy atom. The Morgan fingerprint density at radius 3 is 2.97 bits per heavy atom. The van der Waals surface area contributed by atoms with E-state index in [1.165, 1.54) is 12.0 Å². The number of hydrogen-bond donors (Lipinski definition) is 3. The quantitative estimate of drug-likeness (QED) is 0.519. The van der Waals surface area contributed by atoms with E-state index in [0.29, 0.717) is 5.95 Å². The van der Waals surface area contributed by atoms with E-state index in [2.05, 4.69) is 55.1 Å². The molecule has 160 valence electrons. The molecule has 2 aromatic heterocycles. The van der Waals surface area contributed by atoms with Gasteiger partial charge in [-0.1, -0.05) is 12.1 Å². The van der Waals surface area contributed by atoms with Gasteiger partial charge >= 0.3 is 0 Å². The van der Waals surface area contributed by atoms with Gasteiger partial charge in [0.2, 0.25) is 5.95 Å². The van der Waals surface area contributed by atoms with Crippen molar-refractivity contribution in [2.24, 2.45) is 5.92 Å². The number of pyridine rings is 1. The maximum Gasteiger partial charge on any atom is 0.227 e. The van der Waals surface area contributed by atoms with E-state index in [1.807, 2.05) is 24.4 Å². The number of benzene rings is 1. The second kappa shape index (κ2) is 9.41. The third kappa shape index (κ3) is 5.18. The highest BCUT2D eigenvalue weighted by molar-refractivity contribution is 5.62. The Bertz CT molecular complexity index is 1000. The van der Waals surface area contributed by atoms with E-state index < -0.39 is 0 Å². The lowest BCUT2D eigenvalue weighted by Crippen LogP contribution is -2.27. The largest absolute Gasteiger partial charge is 0.370 e. The molecule has 2 unspecified atom stereocenters. The van der Waals surface area contributed by atoms with E-state index in [0.717, 1.165) is 74.4 Å². The van der Waals surface area contributed by atoms with Crippen molar-refractivity contribution in [2.45, 2.75) is 19.4 Å². The monoisotopic (exact) mass is 415 g/mol. The molecule has 1 fully saturated rings. The number of aromatic nitrogens is 3. The van der Waals surface area contributed by atoms with Gasteiger partial charge in [0.25, 0.3) is 0 Å². The van der Waals surface area contributed by atoms with Gasteiger partial charge in [-0.25, -0.2) is 15.0 Å². The summed E-state index contributed by atoms with van der Waals surface area (Å²) in [5, 5.41) is 10.4. The molecule has 1 aromatic carbocycles. The fraction of sp³-hybridized carbons (Fsp3) is 0.375. The molecule has 7 nitrogen and oxygen atoms in total. The number of hydrogen-bond acceptors (Lipinski definition) is 7. The van der Waals surface area contributed by atoms with Crippen LogP contribution in [0.15, 0.2) is 54.9 Å². The predicted molar refractivity (Wildman–Crippen MR) is 124 cm³/mol. The fourth-order valence-corrected chi connectivity index (χ4v) is 4.32. The molecule has 1 saturated heterocycles. The fourth-order valence-electron chi connectivity index (χ4n) is 4.32. The van der Waals surface area contributed by atoms with E-state index in [4.69, 9.17) is 4.98 Å². The van der Waals surface area contributed by atoms with Crippen LogP contribution in [0.5, 0.6) is 0 Å². The molecule has 5 heterocycles. The summed E-state index contributed by atoms with van der Waals surface area (Å²) >= 11 is 0. The molecule has 3 aromatic rings. The third-order valence-corrected chi connectivity index (χ3v) is 5.94. The van der Waals surface area contributed by atoms with Crippen LogP contribution in [0.25, 0.3) is 11.3 Å². The average molecular weight is 416 g/mol. The molecule has 2 atom stereocenters. The molecule has 0 saturated carbocycles. The van der Waals surface area contributed by atoms with Crippen molar-refractivity contribution in [1.29, 1.82) is 0 Å². The maximum atomic E-state index is 4.69. The summed E-state index contributed by atoms with van der Waals surface area (Å²) < 4.78 is 0. The Kier molecular flexibility index (Phi) is 6.04. The summed E-state index contributed by atoms with van der Waals surface area (Å²) in [6, 6.07) is 14.5. The summed E-state index contributed by atoms with van der Waals surface area (Å²) in [6.45, 7) is 6.33. The molecule has 0 radical (unpaired) electrons. The number of anilines is 3. The van der Waals surface area contributed by atoms with Crippen LogP contribution in [0.1, 0.15) is 18.4 Å². The lowest BCUT2D eigenvalue weighted by atomic mass is 10.1. The van der Waals surface area contributed by atoms with E-state index in [9.17, 15) is 0 Å². The minimum Gasteiger partial charge on any atom is -0.370 e. The smallest absolute Gasteiger partial charge is 0.227 e. The highest BCUT2D eigenvalue weighted by Gasteiger charge is 2.22. The minimum atomic E-state index is 0.593. The van der Waals surface area contributed by atoms with Crippen molar-refractivity contribution >= 4 is 17.5 Å². The van der Waals surface area contributed by atoms with Gasteiger partial charge in [0.05, 0.1) is 5.69 Å². The molecule has 8 bridgehead atoms. The summed E-state index contributed by atoms with van der Waals surface area (Å²) in [5.41, 5.74) is 4.15. The predicted octanol–water partition coefficient (Wildman–Crippen LogP) is 3.51. The summed E-state index contributed by atoms with van der Waals surface area (Å²) in [5.74, 6) is 2.22. The van der Waals surface area contributed by atoms with Gasteiger partial charge in [-0.2, -0.15) is 0 Å². The average Bonchev–Trinajstić information content (AvgIpc) is 3.23. The SMILES string of the molecule is c1cc2cc(c1)Nc1nccc(n1)-c1ccc(nc1)NCCCNCC1CCN(C2)C1. The van der Waals surface area contributed by atoms with Gasteiger partial charge in [-0.05, 0) is 74.3 Å². The highest BCUT2D eigenvalue weighted by atomic mass is 15.1. The molecule has 0 spiro atoms. The molecule has 3 N–H and O–H groups in total. The molecule has 3 aliphatic heterocycles. The van der Waals surface area contributed by atoms with Crippen molar-refractivity contribution in [3.8, 4) is 11.3 Å². The number of nitrogens with one attached hydrogen (secondary N) is 3. The summed E-state index contributed by atoms with van der Waals surface area (Å²) in [6.07, 6.45) is 5.99. The standard InChI is InChI=1S/C24H29N7/c1-3-18-13-21(4-1)29-24-27-11-7-22(30-24)20-5-6-23(28-15-20)26-10-2-9-25-14-19-8-12-31(16-18)17-19/h1,3-7,11,13,15,19,25H,2,8-10,12,14,16-17H2,(H,26,28)(H,27,29,30). The lowest BCUT2D eigenvalue weighted by molar-refractivity contribution is 0.314. The molecule has 7 heteroatoms. The molecular formula is C24H29N7. The molecule has 3 aliphatic rings. The molecule has 31 heavy (non-hydrogen) atoms. The number of fused-ring (bicyclic) bond motifs is 7. The first-order valence-electron chi connectivity index (χ1n) is 11.1. The Labute approximate surface area is 183 Å². The van der Waals surface area contributed by atoms with E-state index in [-0.39, 0.29) is 0 Å². The van der Waals surface area contributed by atoms with Crippen LogP contribution in [0, 0.1) is 5.92 Å². The molecule has 6 rings (SSSR count). The first-order valence-corrected chi connectivity index (χ1v) is 11.1. The Hall–Kier alpha value is -3.03. The topological polar surface area (TPSA) is 78.0 Å². The first-order chi connectivity index (χ1) is 15.3. The number of rotatable bonds is 0. The van der Waals surface area contributed by atoms with Gasteiger partial charge in [-0.15, -0.1) is 0 Å².